The zero-order valence-corrected chi connectivity index (χ0v) is 13.3. The van der Waals surface area contributed by atoms with Crippen molar-refractivity contribution in [2.45, 2.75) is 44.2 Å². The third-order valence-corrected chi connectivity index (χ3v) is 5.44. The molecule has 5 heteroatoms. The summed E-state index contributed by atoms with van der Waals surface area (Å²) in [5, 5.41) is 12.9. The average molecular weight is 324 g/mol. The van der Waals surface area contributed by atoms with Crippen molar-refractivity contribution >= 4 is 24.1 Å². The molecule has 0 spiro atoms. The molecule has 0 radical (unpaired) electrons. The van der Waals surface area contributed by atoms with E-state index in [-0.39, 0.29) is 18.5 Å². The van der Waals surface area contributed by atoms with E-state index in [0.717, 1.165) is 24.3 Å². The number of carbonyl (C=O) groups is 1. The van der Waals surface area contributed by atoms with E-state index < -0.39 is 5.97 Å². The van der Waals surface area contributed by atoms with Crippen molar-refractivity contribution in [3.8, 4) is 0 Å². The second kappa shape index (κ2) is 6.09. The number of aromatic carboxylic acids is 1. The Morgan fingerprint density at radius 1 is 1.23 bits per heavy atom. The molecule has 1 aliphatic carbocycles. The zero-order valence-electron chi connectivity index (χ0n) is 12.5. The Bertz CT molecular complexity index is 571. The first-order valence-corrected chi connectivity index (χ1v) is 7.99. The second-order valence-corrected chi connectivity index (χ2v) is 6.57. The van der Waals surface area contributed by atoms with Gasteiger partial charge in [-0.25, -0.2) is 4.79 Å². The van der Waals surface area contributed by atoms with Crippen LogP contribution < -0.4 is 5.32 Å². The number of benzene rings is 1. The van der Waals surface area contributed by atoms with E-state index in [1.165, 1.54) is 25.7 Å². The molecule has 1 aromatic carbocycles. The van der Waals surface area contributed by atoms with Crippen LogP contribution in [0, 0.1) is 11.8 Å². The number of carboxylic acid groups (broad SMARTS) is 1. The Balaban J connectivity index is 0.00000144. The van der Waals surface area contributed by atoms with Crippen LogP contribution in [-0.2, 0) is 4.74 Å². The van der Waals surface area contributed by atoms with Gasteiger partial charge in [0.15, 0.2) is 0 Å². The van der Waals surface area contributed by atoms with Crippen LogP contribution in [0.3, 0.4) is 0 Å². The maximum atomic E-state index is 11.2. The van der Waals surface area contributed by atoms with Gasteiger partial charge in [0.05, 0.1) is 11.7 Å². The number of carboxylic acids is 1. The van der Waals surface area contributed by atoms with Crippen molar-refractivity contribution < 1.29 is 14.6 Å². The Morgan fingerprint density at radius 3 is 2.73 bits per heavy atom. The predicted octanol–water partition coefficient (Wildman–Crippen LogP) is 3.87. The van der Waals surface area contributed by atoms with E-state index in [4.69, 9.17) is 4.74 Å². The molecule has 22 heavy (non-hydrogen) atoms. The summed E-state index contributed by atoms with van der Waals surface area (Å²) in [5.74, 6) is 0.378. The fourth-order valence-corrected chi connectivity index (χ4v) is 4.43. The van der Waals surface area contributed by atoms with Crippen LogP contribution in [0.5, 0.6) is 0 Å². The summed E-state index contributed by atoms with van der Waals surface area (Å²) in [6, 6.07) is 5.84. The number of nitrogens with one attached hydrogen (secondary N) is 1. The lowest BCUT2D eigenvalue weighted by Crippen LogP contribution is -2.40. The van der Waals surface area contributed by atoms with Gasteiger partial charge in [-0.3, -0.25) is 0 Å². The van der Waals surface area contributed by atoms with Gasteiger partial charge in [0.25, 0.3) is 0 Å². The molecule has 3 atom stereocenters. The minimum Gasteiger partial charge on any atom is -0.478 e. The maximum Gasteiger partial charge on any atom is 0.335 e. The highest BCUT2D eigenvalue weighted by Crippen LogP contribution is 2.48. The lowest BCUT2D eigenvalue weighted by Gasteiger charge is -2.39. The number of hydrogen-bond acceptors (Lipinski definition) is 3. The van der Waals surface area contributed by atoms with Crippen molar-refractivity contribution in [3.63, 3.8) is 0 Å². The summed E-state index contributed by atoms with van der Waals surface area (Å²) in [4.78, 5) is 11.2. The number of rotatable bonds is 2. The van der Waals surface area contributed by atoms with E-state index in [1.807, 2.05) is 6.07 Å². The number of hydrogen-bond donors (Lipinski definition) is 2. The summed E-state index contributed by atoms with van der Waals surface area (Å²) in [6.07, 6.45) is 6.48. The highest BCUT2D eigenvalue weighted by molar-refractivity contribution is 5.89. The molecule has 3 aliphatic rings. The molecule has 3 unspecified atom stereocenters. The van der Waals surface area contributed by atoms with Crippen LogP contribution in [-0.4, -0.2) is 23.7 Å². The van der Waals surface area contributed by atoms with Crippen LogP contribution in [0.25, 0.3) is 0 Å². The summed E-state index contributed by atoms with van der Waals surface area (Å²) in [6.45, 7) is 0.820. The standard InChI is InChI=1S/C17H21NO3.ClH/c19-17(20)11-5-6-12-14(9-11)18-15(10-3-1-2-4-10)13-7-8-21-16(12)13;/h5-6,9-10,13,15-16,18H,1-4,7-8H2,(H,19,20);1H. The van der Waals surface area contributed by atoms with Gasteiger partial charge in [-0.2, -0.15) is 0 Å². The molecule has 2 N–H and O–H groups in total. The molecule has 2 heterocycles. The van der Waals surface area contributed by atoms with Crippen LogP contribution in [0.4, 0.5) is 5.69 Å². The largest absolute Gasteiger partial charge is 0.478 e. The number of ether oxygens (including phenoxy) is 1. The van der Waals surface area contributed by atoms with Gasteiger partial charge < -0.3 is 15.2 Å². The topological polar surface area (TPSA) is 58.6 Å². The van der Waals surface area contributed by atoms with Crippen LogP contribution in [0.1, 0.15) is 54.1 Å². The Kier molecular flexibility index (Phi) is 4.33. The summed E-state index contributed by atoms with van der Waals surface area (Å²) in [7, 11) is 0. The molecule has 120 valence electrons. The monoisotopic (exact) mass is 323 g/mol. The molecule has 4 rings (SSSR count). The van der Waals surface area contributed by atoms with Gasteiger partial charge in [-0.05, 0) is 37.3 Å². The molecule has 2 fully saturated rings. The minimum absolute atomic E-state index is 0. The molecule has 1 saturated heterocycles. The SMILES string of the molecule is Cl.O=C(O)c1ccc2c(c1)NC(C1CCCC1)C1CCOC21. The Morgan fingerprint density at radius 2 is 2.00 bits per heavy atom. The molecule has 1 saturated carbocycles. The first-order valence-electron chi connectivity index (χ1n) is 7.99. The van der Waals surface area contributed by atoms with E-state index in [1.54, 1.807) is 12.1 Å². The lowest BCUT2D eigenvalue weighted by molar-refractivity contribution is 0.0693. The molecular formula is C17H22ClNO3. The molecule has 1 aromatic rings. The molecule has 0 aromatic heterocycles. The second-order valence-electron chi connectivity index (χ2n) is 6.57. The fraction of sp³-hybridized carbons (Fsp3) is 0.588. The zero-order chi connectivity index (χ0) is 14.4. The van der Waals surface area contributed by atoms with Gasteiger partial charge in [0.2, 0.25) is 0 Å². The molecule has 0 bridgehead atoms. The third kappa shape index (κ3) is 2.48. The maximum absolute atomic E-state index is 11.2. The molecular weight excluding hydrogens is 302 g/mol. The van der Waals surface area contributed by atoms with Crippen molar-refractivity contribution in [1.29, 1.82) is 0 Å². The van der Waals surface area contributed by atoms with Crippen molar-refractivity contribution in [2.24, 2.45) is 11.8 Å². The minimum atomic E-state index is -0.869. The van der Waals surface area contributed by atoms with E-state index in [9.17, 15) is 9.90 Å². The smallest absolute Gasteiger partial charge is 0.335 e. The highest BCUT2D eigenvalue weighted by Gasteiger charge is 2.44. The molecule has 0 amide bonds. The lowest BCUT2D eigenvalue weighted by atomic mass is 9.77. The van der Waals surface area contributed by atoms with E-state index >= 15 is 0 Å². The van der Waals surface area contributed by atoms with E-state index in [0.29, 0.717) is 23.4 Å². The summed E-state index contributed by atoms with van der Waals surface area (Å²) in [5.41, 5.74) is 2.45. The quantitative estimate of drug-likeness (QED) is 0.867. The van der Waals surface area contributed by atoms with Crippen LogP contribution >= 0.6 is 12.4 Å². The predicted molar refractivity (Wildman–Crippen MR) is 86.8 cm³/mol. The summed E-state index contributed by atoms with van der Waals surface area (Å²) < 4.78 is 5.99. The number of fused-ring (bicyclic) bond motifs is 3. The fourth-order valence-electron chi connectivity index (χ4n) is 4.43. The highest BCUT2D eigenvalue weighted by atomic mass is 35.5. The first-order chi connectivity index (χ1) is 10.2. The molecule has 2 aliphatic heterocycles. The van der Waals surface area contributed by atoms with Gasteiger partial charge >= 0.3 is 5.97 Å². The van der Waals surface area contributed by atoms with Gasteiger partial charge in [-0.1, -0.05) is 18.9 Å². The van der Waals surface area contributed by atoms with Gasteiger partial charge in [-0.15, -0.1) is 12.4 Å². The van der Waals surface area contributed by atoms with Gasteiger partial charge in [0.1, 0.15) is 0 Å². The third-order valence-electron chi connectivity index (χ3n) is 5.44. The Hall–Kier alpha value is -1.26. The van der Waals surface area contributed by atoms with Crippen LogP contribution in [0.2, 0.25) is 0 Å². The Labute approximate surface area is 136 Å². The number of halogens is 1. The summed E-state index contributed by atoms with van der Waals surface area (Å²) >= 11 is 0. The van der Waals surface area contributed by atoms with E-state index in [2.05, 4.69) is 5.32 Å². The normalized spacial score (nSPS) is 30.1. The van der Waals surface area contributed by atoms with Gasteiger partial charge in [0, 0.05) is 29.8 Å². The van der Waals surface area contributed by atoms with Crippen molar-refractivity contribution in [3.05, 3.63) is 29.3 Å². The average Bonchev–Trinajstić information content (AvgIpc) is 3.17. The first kappa shape index (κ1) is 15.6. The van der Waals surface area contributed by atoms with Crippen LogP contribution in [0.15, 0.2) is 18.2 Å². The van der Waals surface area contributed by atoms with Crippen molar-refractivity contribution in [2.75, 3.05) is 11.9 Å². The molecule has 4 nitrogen and oxygen atoms in total. The number of anilines is 1. The van der Waals surface area contributed by atoms with Crippen molar-refractivity contribution in [1.82, 2.24) is 0 Å².